The Kier molecular flexibility index (Phi) is 3.97. The lowest BCUT2D eigenvalue weighted by atomic mass is 10.1. The van der Waals surface area contributed by atoms with Crippen molar-refractivity contribution in [3.05, 3.63) is 29.7 Å². The molecule has 1 atom stereocenters. The zero-order chi connectivity index (χ0) is 16.7. The smallest absolute Gasteiger partial charge is 0.252 e. The first kappa shape index (κ1) is 15.5. The number of aromatic nitrogens is 3. The molecular weight excluding hydrogens is 304 g/mol. The van der Waals surface area contributed by atoms with Crippen molar-refractivity contribution in [3.8, 4) is 0 Å². The van der Waals surface area contributed by atoms with Gasteiger partial charge in [0, 0.05) is 32.4 Å². The van der Waals surface area contributed by atoms with Gasteiger partial charge in [0.2, 0.25) is 0 Å². The predicted molar refractivity (Wildman–Crippen MR) is 90.9 cm³/mol. The van der Waals surface area contributed by atoms with Crippen LogP contribution < -0.4 is 5.32 Å². The number of pyridine rings is 1. The van der Waals surface area contributed by atoms with E-state index in [1.807, 2.05) is 22.7 Å². The van der Waals surface area contributed by atoms with Crippen molar-refractivity contribution in [3.63, 3.8) is 0 Å². The summed E-state index contributed by atoms with van der Waals surface area (Å²) in [7, 11) is 4.24. The van der Waals surface area contributed by atoms with Crippen molar-refractivity contribution in [1.29, 1.82) is 0 Å². The van der Waals surface area contributed by atoms with Gasteiger partial charge in [-0.3, -0.25) is 14.1 Å². The molecule has 7 heteroatoms. The molecule has 1 amide bonds. The van der Waals surface area contributed by atoms with Gasteiger partial charge in [0.1, 0.15) is 0 Å². The summed E-state index contributed by atoms with van der Waals surface area (Å²) >= 11 is 0. The molecule has 0 bridgehead atoms. The Morgan fingerprint density at radius 2 is 2.08 bits per heavy atom. The maximum absolute atomic E-state index is 12.4. The number of fused-ring (bicyclic) bond motifs is 1. The van der Waals surface area contributed by atoms with E-state index in [-0.39, 0.29) is 11.9 Å². The summed E-state index contributed by atoms with van der Waals surface area (Å²) in [6, 6.07) is 3.88. The lowest BCUT2D eigenvalue weighted by Crippen LogP contribution is -2.45. The van der Waals surface area contributed by atoms with E-state index in [4.69, 9.17) is 0 Å². The summed E-state index contributed by atoms with van der Waals surface area (Å²) in [5.74, 6) is 1.56. The van der Waals surface area contributed by atoms with E-state index in [2.05, 4.69) is 39.4 Å². The molecule has 4 rings (SSSR count). The number of rotatable bonds is 4. The molecule has 24 heavy (non-hydrogen) atoms. The van der Waals surface area contributed by atoms with Gasteiger partial charge in [-0.1, -0.05) is 0 Å². The Labute approximate surface area is 141 Å². The largest absolute Gasteiger partial charge is 0.352 e. The first-order valence-electron chi connectivity index (χ1n) is 8.63. The lowest BCUT2D eigenvalue weighted by Gasteiger charge is -2.36. The highest BCUT2D eigenvalue weighted by molar-refractivity contribution is 5.94. The van der Waals surface area contributed by atoms with Gasteiger partial charge >= 0.3 is 0 Å². The summed E-state index contributed by atoms with van der Waals surface area (Å²) in [4.78, 5) is 17.0. The molecule has 1 aliphatic carbocycles. The quantitative estimate of drug-likeness (QED) is 0.899. The van der Waals surface area contributed by atoms with E-state index in [1.165, 1.54) is 12.8 Å². The molecule has 0 aromatic carbocycles. The van der Waals surface area contributed by atoms with Gasteiger partial charge in [-0.05, 0) is 45.0 Å². The highest BCUT2D eigenvalue weighted by Crippen LogP contribution is 2.27. The van der Waals surface area contributed by atoms with Crippen LogP contribution in [0, 0.1) is 5.92 Å². The van der Waals surface area contributed by atoms with Crippen molar-refractivity contribution >= 4 is 11.6 Å². The summed E-state index contributed by atoms with van der Waals surface area (Å²) in [5, 5.41) is 11.7. The fraction of sp³-hybridized carbons (Fsp3) is 0.588. The van der Waals surface area contributed by atoms with Gasteiger partial charge in [0.15, 0.2) is 11.5 Å². The molecule has 2 aromatic heterocycles. The van der Waals surface area contributed by atoms with Crippen molar-refractivity contribution in [1.82, 2.24) is 29.7 Å². The first-order chi connectivity index (χ1) is 11.6. The molecule has 0 spiro atoms. The number of likely N-dealkylation sites (N-methyl/N-ethyl adjacent to an activating group) is 2. The van der Waals surface area contributed by atoms with Crippen LogP contribution in [-0.2, 0) is 0 Å². The van der Waals surface area contributed by atoms with E-state index in [1.54, 1.807) is 0 Å². The molecule has 1 unspecified atom stereocenters. The number of nitrogens with one attached hydrogen (secondary N) is 1. The van der Waals surface area contributed by atoms with E-state index >= 15 is 0 Å². The minimum Gasteiger partial charge on any atom is -0.352 e. The van der Waals surface area contributed by atoms with Crippen LogP contribution in [0.15, 0.2) is 18.3 Å². The standard InChI is InChI=1S/C17H24N6O/c1-21-7-8-22(2)14(11-21)16-20-19-15-6-5-13(10-23(15)16)17(24)18-9-12-3-4-12/h5-6,10,12,14H,3-4,7-9,11H2,1-2H3,(H,18,24). The Morgan fingerprint density at radius 3 is 2.88 bits per heavy atom. The van der Waals surface area contributed by atoms with Crippen LogP contribution >= 0.6 is 0 Å². The number of carbonyl (C=O) groups is 1. The number of amides is 1. The second kappa shape index (κ2) is 6.14. The average Bonchev–Trinajstić information content (AvgIpc) is 3.32. The molecule has 7 nitrogen and oxygen atoms in total. The number of piperazine rings is 1. The lowest BCUT2D eigenvalue weighted by molar-refractivity contribution is 0.0951. The highest BCUT2D eigenvalue weighted by Gasteiger charge is 2.28. The Hall–Kier alpha value is -1.99. The number of carbonyl (C=O) groups excluding carboxylic acids is 1. The van der Waals surface area contributed by atoms with E-state index in [9.17, 15) is 4.79 Å². The molecule has 2 fully saturated rings. The molecule has 0 radical (unpaired) electrons. The summed E-state index contributed by atoms with van der Waals surface area (Å²) in [6.07, 6.45) is 4.34. The average molecular weight is 328 g/mol. The fourth-order valence-corrected chi connectivity index (χ4v) is 3.22. The number of nitrogens with zero attached hydrogens (tertiary/aromatic N) is 5. The minimum absolute atomic E-state index is 0.0161. The Balaban J connectivity index is 1.61. The molecular formula is C17H24N6O. The first-order valence-corrected chi connectivity index (χ1v) is 8.63. The SMILES string of the molecule is CN1CCN(C)C(c2nnc3ccc(C(=O)NCC4CC4)cn23)C1. The van der Waals surface area contributed by atoms with Gasteiger partial charge in [0.25, 0.3) is 5.91 Å². The molecule has 1 saturated carbocycles. The maximum Gasteiger partial charge on any atom is 0.252 e. The van der Waals surface area contributed by atoms with Crippen LogP contribution in [-0.4, -0.2) is 70.6 Å². The zero-order valence-electron chi connectivity index (χ0n) is 14.3. The van der Waals surface area contributed by atoms with Crippen molar-refractivity contribution in [2.45, 2.75) is 18.9 Å². The molecule has 1 aliphatic heterocycles. The summed E-state index contributed by atoms with van der Waals surface area (Å²) in [5.41, 5.74) is 1.45. The molecule has 1 N–H and O–H groups in total. The van der Waals surface area contributed by atoms with Crippen LogP contribution in [0.5, 0.6) is 0 Å². The third-order valence-electron chi connectivity index (χ3n) is 5.09. The highest BCUT2D eigenvalue weighted by atomic mass is 16.1. The Bertz CT molecular complexity index is 753. The second-order valence-corrected chi connectivity index (χ2v) is 7.12. The van der Waals surface area contributed by atoms with Crippen LogP contribution in [0.4, 0.5) is 0 Å². The van der Waals surface area contributed by atoms with Gasteiger partial charge in [0.05, 0.1) is 11.6 Å². The van der Waals surface area contributed by atoms with Crippen LogP contribution in [0.25, 0.3) is 5.65 Å². The van der Waals surface area contributed by atoms with E-state index in [0.29, 0.717) is 11.5 Å². The number of hydrogen-bond donors (Lipinski definition) is 1. The third kappa shape index (κ3) is 3.01. The molecule has 128 valence electrons. The van der Waals surface area contributed by atoms with E-state index in [0.717, 1.165) is 37.7 Å². The van der Waals surface area contributed by atoms with Gasteiger partial charge < -0.3 is 10.2 Å². The van der Waals surface area contributed by atoms with Gasteiger partial charge in [-0.2, -0.15) is 0 Å². The number of hydrogen-bond acceptors (Lipinski definition) is 5. The van der Waals surface area contributed by atoms with Crippen molar-refractivity contribution in [2.75, 3.05) is 40.3 Å². The van der Waals surface area contributed by atoms with Crippen LogP contribution in [0.3, 0.4) is 0 Å². The molecule has 3 heterocycles. The van der Waals surface area contributed by atoms with Crippen LogP contribution in [0.1, 0.15) is 35.1 Å². The summed E-state index contributed by atoms with van der Waals surface area (Å²) in [6.45, 7) is 3.74. The minimum atomic E-state index is -0.0161. The zero-order valence-corrected chi connectivity index (χ0v) is 14.3. The topological polar surface area (TPSA) is 65.8 Å². The normalized spacial score (nSPS) is 22.8. The van der Waals surface area contributed by atoms with E-state index < -0.39 is 0 Å². The Morgan fingerprint density at radius 1 is 1.25 bits per heavy atom. The summed E-state index contributed by atoms with van der Waals surface area (Å²) < 4.78 is 1.96. The van der Waals surface area contributed by atoms with Crippen LogP contribution in [0.2, 0.25) is 0 Å². The molecule has 2 aromatic rings. The maximum atomic E-state index is 12.4. The third-order valence-corrected chi connectivity index (χ3v) is 5.09. The fourth-order valence-electron chi connectivity index (χ4n) is 3.22. The predicted octanol–water partition coefficient (Wildman–Crippen LogP) is 0.787. The molecule has 1 saturated heterocycles. The van der Waals surface area contributed by atoms with Gasteiger partial charge in [-0.25, -0.2) is 0 Å². The molecule has 2 aliphatic rings. The second-order valence-electron chi connectivity index (χ2n) is 7.12. The monoisotopic (exact) mass is 328 g/mol. The van der Waals surface area contributed by atoms with Crippen molar-refractivity contribution < 1.29 is 4.79 Å². The van der Waals surface area contributed by atoms with Crippen molar-refractivity contribution in [2.24, 2.45) is 5.92 Å². The van der Waals surface area contributed by atoms with Gasteiger partial charge in [-0.15, -0.1) is 10.2 Å².